The standard InChI is InChI=1S/C30H31Cl2NO4/c1-18-13-19(2)15-20(14-18)8-12-27(30(35)36)33-29(34)24-10-9-22-5-3-4-6-23(22)28(24)37-17-21-7-11-25(31)26(32)16-21/h3-7,9-11,16,19-20,27H,1,8,12-15,17H2,2H3,(H,33,34)(H,35,36)/t19?,20?,27-/m0/s1. The number of hydrogen-bond acceptors (Lipinski definition) is 3. The molecule has 0 bridgehead atoms. The molecule has 1 saturated carbocycles. The van der Waals surface area contributed by atoms with Crippen LogP contribution in [-0.4, -0.2) is 23.0 Å². The molecule has 5 nitrogen and oxygen atoms in total. The van der Waals surface area contributed by atoms with E-state index < -0.39 is 17.9 Å². The summed E-state index contributed by atoms with van der Waals surface area (Å²) in [6.07, 6.45) is 4.08. The normalized spacial score (nSPS) is 18.4. The number of rotatable bonds is 9. The number of halogens is 2. The monoisotopic (exact) mass is 539 g/mol. The Morgan fingerprint density at radius 1 is 1.11 bits per heavy atom. The van der Waals surface area contributed by atoms with Gasteiger partial charge in [-0.3, -0.25) is 4.79 Å². The zero-order chi connectivity index (χ0) is 26.5. The van der Waals surface area contributed by atoms with Crippen LogP contribution in [0.2, 0.25) is 10.0 Å². The Bertz CT molecular complexity index is 1320. The van der Waals surface area contributed by atoms with Crippen LogP contribution in [0.25, 0.3) is 10.8 Å². The van der Waals surface area contributed by atoms with Crippen LogP contribution in [-0.2, 0) is 11.4 Å². The number of ether oxygens (including phenoxy) is 1. The highest BCUT2D eigenvalue weighted by molar-refractivity contribution is 6.42. The highest BCUT2D eigenvalue weighted by Crippen LogP contribution is 2.35. The lowest BCUT2D eigenvalue weighted by Crippen LogP contribution is -2.41. The molecule has 0 saturated heterocycles. The van der Waals surface area contributed by atoms with Gasteiger partial charge in [-0.1, -0.05) is 78.7 Å². The average molecular weight is 540 g/mol. The molecule has 1 aliphatic carbocycles. The summed E-state index contributed by atoms with van der Waals surface area (Å²) in [5.41, 5.74) is 2.30. The molecule has 0 radical (unpaired) electrons. The van der Waals surface area contributed by atoms with Gasteiger partial charge in [-0.15, -0.1) is 0 Å². The Morgan fingerprint density at radius 2 is 1.89 bits per heavy atom. The van der Waals surface area contributed by atoms with Gasteiger partial charge >= 0.3 is 5.97 Å². The summed E-state index contributed by atoms with van der Waals surface area (Å²) < 4.78 is 6.15. The van der Waals surface area contributed by atoms with Crippen LogP contribution in [0.1, 0.15) is 54.9 Å². The number of nitrogens with one attached hydrogen (secondary N) is 1. The minimum absolute atomic E-state index is 0.164. The maximum absolute atomic E-state index is 13.4. The van der Waals surface area contributed by atoms with Gasteiger partial charge in [0.05, 0.1) is 15.6 Å². The number of carboxylic acids is 1. The summed E-state index contributed by atoms with van der Waals surface area (Å²) in [6.45, 7) is 6.50. The van der Waals surface area contributed by atoms with Crippen molar-refractivity contribution < 1.29 is 19.4 Å². The van der Waals surface area contributed by atoms with Gasteiger partial charge in [-0.25, -0.2) is 4.79 Å². The van der Waals surface area contributed by atoms with Crippen molar-refractivity contribution in [1.82, 2.24) is 5.32 Å². The lowest BCUT2D eigenvalue weighted by atomic mass is 9.77. The van der Waals surface area contributed by atoms with Crippen molar-refractivity contribution in [3.8, 4) is 5.75 Å². The molecule has 1 aliphatic rings. The fourth-order valence-electron chi connectivity index (χ4n) is 5.20. The summed E-state index contributed by atoms with van der Waals surface area (Å²) in [6, 6.07) is 15.3. The highest BCUT2D eigenvalue weighted by Gasteiger charge is 2.27. The molecule has 7 heteroatoms. The molecule has 2 unspecified atom stereocenters. The van der Waals surface area contributed by atoms with Crippen molar-refractivity contribution >= 4 is 45.9 Å². The highest BCUT2D eigenvalue weighted by atomic mass is 35.5. The zero-order valence-electron chi connectivity index (χ0n) is 20.8. The lowest BCUT2D eigenvalue weighted by molar-refractivity contribution is -0.139. The molecule has 2 N–H and O–H groups in total. The van der Waals surface area contributed by atoms with Gasteiger partial charge in [0.2, 0.25) is 0 Å². The molecule has 0 aromatic heterocycles. The van der Waals surface area contributed by atoms with Gasteiger partial charge in [-0.2, -0.15) is 0 Å². The number of fused-ring (bicyclic) bond motifs is 1. The largest absolute Gasteiger partial charge is 0.487 e. The van der Waals surface area contributed by atoms with E-state index in [4.69, 9.17) is 27.9 Å². The maximum Gasteiger partial charge on any atom is 0.326 e. The smallest absolute Gasteiger partial charge is 0.326 e. The summed E-state index contributed by atoms with van der Waals surface area (Å²) >= 11 is 12.2. The first-order valence-electron chi connectivity index (χ1n) is 12.5. The van der Waals surface area contributed by atoms with E-state index in [1.165, 1.54) is 5.57 Å². The molecule has 3 aromatic rings. The third-order valence-electron chi connectivity index (χ3n) is 6.91. The van der Waals surface area contributed by atoms with E-state index >= 15 is 0 Å². The molecule has 37 heavy (non-hydrogen) atoms. The summed E-state index contributed by atoms with van der Waals surface area (Å²) in [5, 5.41) is 15.1. The van der Waals surface area contributed by atoms with Crippen molar-refractivity contribution in [3.05, 3.63) is 87.9 Å². The number of benzene rings is 3. The van der Waals surface area contributed by atoms with E-state index in [1.54, 1.807) is 24.3 Å². The number of carboxylic acid groups (broad SMARTS) is 1. The summed E-state index contributed by atoms with van der Waals surface area (Å²) in [5.74, 6) is -0.195. The summed E-state index contributed by atoms with van der Waals surface area (Å²) in [7, 11) is 0. The van der Waals surface area contributed by atoms with Crippen molar-refractivity contribution in [2.75, 3.05) is 0 Å². The minimum atomic E-state index is -1.05. The number of carbonyl (C=O) groups is 2. The topological polar surface area (TPSA) is 75.6 Å². The van der Waals surface area contributed by atoms with Crippen molar-refractivity contribution in [2.45, 2.75) is 51.7 Å². The summed E-state index contributed by atoms with van der Waals surface area (Å²) in [4.78, 5) is 25.4. The Kier molecular flexibility index (Phi) is 8.78. The van der Waals surface area contributed by atoms with E-state index in [-0.39, 0.29) is 12.2 Å². The van der Waals surface area contributed by atoms with E-state index in [0.29, 0.717) is 34.1 Å². The Morgan fingerprint density at radius 3 is 2.62 bits per heavy atom. The fraction of sp³-hybridized carbons (Fsp3) is 0.333. The predicted molar refractivity (Wildman–Crippen MR) is 149 cm³/mol. The average Bonchev–Trinajstić information content (AvgIpc) is 2.86. The molecular weight excluding hydrogens is 509 g/mol. The molecule has 0 heterocycles. The van der Waals surface area contributed by atoms with Crippen LogP contribution >= 0.6 is 23.2 Å². The quantitative estimate of drug-likeness (QED) is 0.273. The van der Waals surface area contributed by atoms with Gasteiger partial charge in [0, 0.05) is 5.39 Å². The maximum atomic E-state index is 13.4. The van der Waals surface area contributed by atoms with E-state index in [9.17, 15) is 14.7 Å². The van der Waals surface area contributed by atoms with Crippen LogP contribution in [0.4, 0.5) is 0 Å². The van der Waals surface area contributed by atoms with Crippen molar-refractivity contribution in [2.24, 2.45) is 11.8 Å². The second kappa shape index (κ2) is 12.0. The second-order valence-electron chi connectivity index (χ2n) is 10.0. The van der Waals surface area contributed by atoms with Crippen LogP contribution in [0.3, 0.4) is 0 Å². The molecular formula is C30H31Cl2NO4. The van der Waals surface area contributed by atoms with E-state index in [2.05, 4.69) is 18.8 Å². The predicted octanol–water partition coefficient (Wildman–Crippen LogP) is 7.68. The van der Waals surface area contributed by atoms with Crippen LogP contribution < -0.4 is 10.1 Å². The molecule has 1 amide bonds. The van der Waals surface area contributed by atoms with Gasteiger partial charge in [0.1, 0.15) is 18.4 Å². The van der Waals surface area contributed by atoms with Gasteiger partial charge in [0.25, 0.3) is 5.91 Å². The van der Waals surface area contributed by atoms with E-state index in [0.717, 1.165) is 42.0 Å². The molecule has 4 rings (SSSR count). The molecule has 0 aliphatic heterocycles. The van der Waals surface area contributed by atoms with Crippen LogP contribution in [0.5, 0.6) is 5.75 Å². The lowest BCUT2D eigenvalue weighted by Gasteiger charge is -2.29. The first kappa shape index (κ1) is 27.0. The van der Waals surface area contributed by atoms with Crippen molar-refractivity contribution in [1.29, 1.82) is 0 Å². The first-order chi connectivity index (χ1) is 17.7. The van der Waals surface area contributed by atoms with Crippen LogP contribution in [0.15, 0.2) is 66.7 Å². The molecule has 194 valence electrons. The Balaban J connectivity index is 1.53. The SMILES string of the molecule is C=C1CC(C)CC(CC[C@H](NC(=O)c2ccc3ccccc3c2OCc2ccc(Cl)c(Cl)c2)C(=O)O)C1. The number of carbonyl (C=O) groups excluding carboxylic acids is 1. The van der Waals surface area contributed by atoms with Gasteiger partial charge < -0.3 is 15.2 Å². The molecule has 0 spiro atoms. The number of aliphatic carboxylic acids is 1. The Labute approximate surface area is 227 Å². The first-order valence-corrected chi connectivity index (χ1v) is 13.3. The van der Waals surface area contributed by atoms with Crippen LogP contribution in [0, 0.1) is 11.8 Å². The molecule has 3 atom stereocenters. The van der Waals surface area contributed by atoms with E-state index in [1.807, 2.05) is 30.3 Å². The zero-order valence-corrected chi connectivity index (χ0v) is 22.3. The minimum Gasteiger partial charge on any atom is -0.487 e. The second-order valence-corrected chi connectivity index (χ2v) is 10.8. The molecule has 3 aromatic carbocycles. The van der Waals surface area contributed by atoms with Gasteiger partial charge in [0.15, 0.2) is 0 Å². The third-order valence-corrected chi connectivity index (χ3v) is 7.65. The Hall–Kier alpha value is -3.02. The third kappa shape index (κ3) is 6.85. The number of amides is 1. The van der Waals surface area contributed by atoms with Gasteiger partial charge in [-0.05, 0) is 73.1 Å². The fourth-order valence-corrected chi connectivity index (χ4v) is 5.52. The van der Waals surface area contributed by atoms with Crippen molar-refractivity contribution in [3.63, 3.8) is 0 Å². The number of allylic oxidation sites excluding steroid dienone is 1. The molecule has 1 fully saturated rings. The number of hydrogen-bond donors (Lipinski definition) is 2.